The molecule has 0 N–H and O–H groups in total. The maximum Gasteiger partial charge on any atom is 0.352 e. The molecule has 0 bridgehead atoms. The Labute approximate surface area is 136 Å². The van der Waals surface area contributed by atoms with Gasteiger partial charge in [0.25, 0.3) is 0 Å². The van der Waals surface area contributed by atoms with E-state index < -0.39 is 23.1 Å². The molecule has 0 aliphatic carbocycles. The average molecular weight is 339 g/mol. The molecule has 8 heteroatoms. The van der Waals surface area contributed by atoms with E-state index in [1.807, 2.05) is 18.9 Å². The highest BCUT2D eigenvalue weighted by Gasteiger charge is 2.22. The van der Waals surface area contributed by atoms with Crippen molar-refractivity contribution in [3.05, 3.63) is 51.7 Å². The zero-order valence-corrected chi connectivity index (χ0v) is 13.2. The second kappa shape index (κ2) is 6.18. The summed E-state index contributed by atoms with van der Waals surface area (Å²) in [6, 6.07) is 3.56. The molecule has 128 valence electrons. The summed E-state index contributed by atoms with van der Waals surface area (Å²) >= 11 is 0. The van der Waals surface area contributed by atoms with Crippen molar-refractivity contribution in [1.82, 2.24) is 9.55 Å². The third-order valence-corrected chi connectivity index (χ3v) is 4.19. The molecule has 0 saturated carbocycles. The number of anilines is 1. The van der Waals surface area contributed by atoms with E-state index in [9.17, 15) is 18.0 Å². The first-order valence-electron chi connectivity index (χ1n) is 7.47. The zero-order chi connectivity index (χ0) is 17.4. The minimum atomic E-state index is -1.53. The largest absolute Gasteiger partial charge is 0.473 e. The smallest absolute Gasteiger partial charge is 0.352 e. The van der Waals surface area contributed by atoms with Gasteiger partial charge in [0.15, 0.2) is 17.5 Å². The Kier molecular flexibility index (Phi) is 4.21. The number of fused-ring (bicyclic) bond motifs is 1. The van der Waals surface area contributed by atoms with Gasteiger partial charge in [-0.15, -0.1) is 0 Å². The molecule has 1 aromatic heterocycles. The van der Waals surface area contributed by atoms with Crippen molar-refractivity contribution >= 4 is 5.82 Å². The summed E-state index contributed by atoms with van der Waals surface area (Å²) in [4.78, 5) is 17.8. The monoisotopic (exact) mass is 339 g/mol. The molecular weight excluding hydrogens is 323 g/mol. The molecule has 1 aromatic carbocycles. The highest BCUT2D eigenvalue weighted by molar-refractivity contribution is 5.43. The second-order valence-corrected chi connectivity index (χ2v) is 5.80. The van der Waals surface area contributed by atoms with Crippen molar-refractivity contribution in [3.63, 3.8) is 0 Å². The molecule has 0 spiro atoms. The predicted octanol–water partition coefficient (Wildman–Crippen LogP) is 2.47. The Balaban J connectivity index is 1.84. The molecule has 1 aliphatic heterocycles. The van der Waals surface area contributed by atoms with Crippen LogP contribution in [0.15, 0.2) is 23.0 Å². The highest BCUT2D eigenvalue weighted by atomic mass is 19.2. The Morgan fingerprint density at radius 2 is 1.92 bits per heavy atom. The number of aromatic nitrogens is 2. The molecule has 5 nitrogen and oxygen atoms in total. The zero-order valence-electron chi connectivity index (χ0n) is 13.2. The van der Waals surface area contributed by atoms with E-state index in [4.69, 9.17) is 4.74 Å². The van der Waals surface area contributed by atoms with Gasteiger partial charge in [0.05, 0.1) is 0 Å². The Morgan fingerprint density at radius 3 is 2.58 bits per heavy atom. The summed E-state index contributed by atoms with van der Waals surface area (Å²) < 4.78 is 46.3. The molecule has 2 aromatic rings. The van der Waals surface area contributed by atoms with E-state index >= 15 is 0 Å². The SMILES string of the molecule is C[C@H]1CCn2c(cc(OCc3cc(F)c(F)c(F)c3)nc2=O)N1C. The van der Waals surface area contributed by atoms with Gasteiger partial charge in [-0.3, -0.25) is 4.57 Å². The van der Waals surface area contributed by atoms with Crippen LogP contribution in [0.25, 0.3) is 0 Å². The predicted molar refractivity (Wildman–Crippen MR) is 81.6 cm³/mol. The van der Waals surface area contributed by atoms with Crippen LogP contribution < -0.4 is 15.3 Å². The van der Waals surface area contributed by atoms with Gasteiger partial charge in [0.2, 0.25) is 5.88 Å². The Morgan fingerprint density at radius 1 is 1.25 bits per heavy atom. The number of nitrogens with zero attached hydrogens (tertiary/aromatic N) is 3. The number of benzene rings is 1. The highest BCUT2D eigenvalue weighted by Crippen LogP contribution is 2.24. The lowest BCUT2D eigenvalue weighted by atomic mass is 10.1. The molecular formula is C16H16F3N3O2. The van der Waals surface area contributed by atoms with Crippen molar-refractivity contribution in [3.8, 4) is 5.88 Å². The maximum atomic E-state index is 13.2. The normalized spacial score (nSPS) is 16.9. The molecule has 0 radical (unpaired) electrons. The van der Waals surface area contributed by atoms with Crippen LogP contribution in [-0.4, -0.2) is 22.6 Å². The van der Waals surface area contributed by atoms with E-state index in [-0.39, 0.29) is 24.1 Å². The van der Waals surface area contributed by atoms with Gasteiger partial charge in [-0.05, 0) is 31.0 Å². The summed E-state index contributed by atoms with van der Waals surface area (Å²) in [7, 11) is 1.86. The van der Waals surface area contributed by atoms with E-state index in [0.717, 1.165) is 18.6 Å². The van der Waals surface area contributed by atoms with E-state index in [0.29, 0.717) is 12.4 Å². The lowest BCUT2D eigenvalue weighted by Gasteiger charge is -2.34. The molecule has 24 heavy (non-hydrogen) atoms. The van der Waals surface area contributed by atoms with Crippen LogP contribution in [0, 0.1) is 17.5 Å². The summed E-state index contributed by atoms with van der Waals surface area (Å²) in [5.41, 5.74) is -0.342. The van der Waals surface area contributed by atoms with E-state index in [1.165, 1.54) is 0 Å². The molecule has 2 heterocycles. The van der Waals surface area contributed by atoms with Crippen LogP contribution in [-0.2, 0) is 13.2 Å². The number of hydrogen-bond acceptors (Lipinski definition) is 4. The topological polar surface area (TPSA) is 47.4 Å². The molecule has 3 rings (SSSR count). The summed E-state index contributed by atoms with van der Waals surface area (Å²) in [5, 5.41) is 0. The first kappa shape index (κ1) is 16.4. The lowest BCUT2D eigenvalue weighted by molar-refractivity contribution is 0.287. The fourth-order valence-electron chi connectivity index (χ4n) is 2.63. The van der Waals surface area contributed by atoms with Crippen molar-refractivity contribution in [2.24, 2.45) is 0 Å². The average Bonchev–Trinajstić information content (AvgIpc) is 2.54. The third kappa shape index (κ3) is 2.95. The summed E-state index contributed by atoms with van der Waals surface area (Å²) in [6.45, 7) is 2.38. The molecule has 0 amide bonds. The molecule has 1 atom stereocenters. The number of ether oxygens (including phenoxy) is 1. The van der Waals surface area contributed by atoms with Gasteiger partial charge in [-0.25, -0.2) is 18.0 Å². The van der Waals surface area contributed by atoms with Gasteiger partial charge in [0, 0.05) is 25.7 Å². The summed E-state index contributed by atoms with van der Waals surface area (Å²) in [6.07, 6.45) is 0.833. The Bertz CT molecular complexity index is 815. The second-order valence-electron chi connectivity index (χ2n) is 5.80. The van der Waals surface area contributed by atoms with E-state index in [1.54, 1.807) is 10.6 Å². The summed E-state index contributed by atoms with van der Waals surface area (Å²) in [5.74, 6) is -3.39. The fraction of sp³-hybridized carbons (Fsp3) is 0.375. The third-order valence-electron chi connectivity index (χ3n) is 4.19. The number of rotatable bonds is 3. The molecule has 0 fully saturated rings. The van der Waals surface area contributed by atoms with Crippen molar-refractivity contribution < 1.29 is 17.9 Å². The van der Waals surface area contributed by atoms with E-state index in [2.05, 4.69) is 4.98 Å². The van der Waals surface area contributed by atoms with Crippen LogP contribution in [0.4, 0.5) is 19.0 Å². The maximum absolute atomic E-state index is 13.2. The number of hydrogen-bond donors (Lipinski definition) is 0. The molecule has 0 unspecified atom stereocenters. The van der Waals surface area contributed by atoms with Crippen molar-refractivity contribution in [1.29, 1.82) is 0 Å². The molecule has 0 saturated heterocycles. The van der Waals surface area contributed by atoms with Crippen molar-refractivity contribution in [2.75, 3.05) is 11.9 Å². The van der Waals surface area contributed by atoms with Gasteiger partial charge in [0.1, 0.15) is 12.4 Å². The Hall–Kier alpha value is -2.51. The van der Waals surface area contributed by atoms with Gasteiger partial charge < -0.3 is 9.64 Å². The quantitative estimate of drug-likeness (QED) is 0.806. The minimum absolute atomic E-state index is 0.0531. The van der Waals surface area contributed by atoms with Gasteiger partial charge in [-0.1, -0.05) is 0 Å². The molecule has 1 aliphatic rings. The van der Waals surface area contributed by atoms with Gasteiger partial charge >= 0.3 is 5.69 Å². The number of halogens is 3. The fourth-order valence-corrected chi connectivity index (χ4v) is 2.63. The standard InChI is InChI=1S/C16H16F3N3O2/c1-9-3-4-22-14(21(9)2)7-13(20-16(22)23)24-8-10-5-11(17)15(19)12(18)6-10/h5-7,9H,3-4,8H2,1-2H3/t9-/m0/s1. The van der Waals surface area contributed by atoms with Crippen molar-refractivity contribution in [2.45, 2.75) is 32.5 Å². The first-order valence-corrected chi connectivity index (χ1v) is 7.47. The first-order chi connectivity index (χ1) is 11.4. The van der Waals surface area contributed by atoms with Crippen LogP contribution >= 0.6 is 0 Å². The van der Waals surface area contributed by atoms with Crippen LogP contribution in [0.2, 0.25) is 0 Å². The van der Waals surface area contributed by atoms with Crippen LogP contribution in [0.1, 0.15) is 18.9 Å². The van der Waals surface area contributed by atoms with Crippen LogP contribution in [0.5, 0.6) is 5.88 Å². The van der Waals surface area contributed by atoms with Gasteiger partial charge in [-0.2, -0.15) is 4.98 Å². The van der Waals surface area contributed by atoms with Crippen LogP contribution in [0.3, 0.4) is 0 Å². The lowest BCUT2D eigenvalue weighted by Crippen LogP contribution is -2.41. The minimum Gasteiger partial charge on any atom is -0.473 e.